The lowest BCUT2D eigenvalue weighted by molar-refractivity contribution is -0.117. The van der Waals surface area contributed by atoms with E-state index in [9.17, 15) is 9.59 Å². The molecule has 0 aliphatic heterocycles. The highest BCUT2D eigenvalue weighted by Crippen LogP contribution is 2.31. The fourth-order valence-corrected chi connectivity index (χ4v) is 3.29. The average molecular weight is 465 g/mol. The van der Waals surface area contributed by atoms with Crippen LogP contribution in [0.2, 0.25) is 15.1 Å². The molecule has 30 heavy (non-hydrogen) atoms. The second-order valence-corrected chi connectivity index (χ2v) is 7.44. The van der Waals surface area contributed by atoms with Crippen molar-refractivity contribution in [3.8, 4) is 5.75 Å². The molecule has 3 aromatic rings. The summed E-state index contributed by atoms with van der Waals surface area (Å²) < 4.78 is 5.17. The van der Waals surface area contributed by atoms with Crippen LogP contribution in [0.15, 0.2) is 54.9 Å². The van der Waals surface area contributed by atoms with E-state index in [1.807, 2.05) is 0 Å². The number of ether oxygens (including phenoxy) is 1. The van der Waals surface area contributed by atoms with Gasteiger partial charge in [-0.1, -0.05) is 40.9 Å². The monoisotopic (exact) mass is 463 g/mol. The molecule has 2 aromatic carbocycles. The zero-order valence-electron chi connectivity index (χ0n) is 15.8. The third kappa shape index (κ3) is 5.27. The second kappa shape index (κ2) is 9.89. The number of Topliss-reactive ketones (excluding diaryl/α,β-unsaturated/α-hetero) is 1. The van der Waals surface area contributed by atoms with Crippen molar-refractivity contribution in [3.63, 3.8) is 0 Å². The molecule has 0 radical (unpaired) electrons. The third-order valence-corrected chi connectivity index (χ3v) is 5.23. The minimum Gasteiger partial charge on any atom is -0.495 e. The number of carbonyl (C=O) groups excluding carboxylic acids is 2. The number of aromatic nitrogens is 2. The van der Waals surface area contributed by atoms with E-state index in [0.29, 0.717) is 26.5 Å². The zero-order valence-corrected chi connectivity index (χ0v) is 18.1. The van der Waals surface area contributed by atoms with E-state index in [4.69, 9.17) is 39.5 Å². The van der Waals surface area contributed by atoms with E-state index < -0.39 is 18.1 Å². The summed E-state index contributed by atoms with van der Waals surface area (Å²) in [4.78, 5) is 34.8. The van der Waals surface area contributed by atoms with Gasteiger partial charge in [0, 0.05) is 18.1 Å². The number of hydrogen-bond acceptors (Lipinski definition) is 5. The van der Waals surface area contributed by atoms with Crippen molar-refractivity contribution in [2.24, 2.45) is 0 Å². The van der Waals surface area contributed by atoms with Gasteiger partial charge >= 0.3 is 0 Å². The molecule has 6 nitrogen and oxygen atoms in total. The van der Waals surface area contributed by atoms with Crippen LogP contribution in [0.4, 0.5) is 5.69 Å². The standard InChI is InChI=1S/C21H16Cl3N3O3/c1-30-19-6-4-14(10-17(19)24)27(12-13-3-5-15(22)16(23)9-13)20(29)11-18(28)21-25-7-2-8-26-21/h2-10H,11-12H2,1H3. The van der Waals surface area contributed by atoms with Crippen molar-refractivity contribution in [3.05, 3.63) is 81.3 Å². The molecule has 3 rings (SSSR count). The van der Waals surface area contributed by atoms with Crippen molar-refractivity contribution in [2.75, 3.05) is 12.0 Å². The SMILES string of the molecule is COc1ccc(N(Cc2ccc(Cl)c(Cl)c2)C(=O)CC(=O)c2ncccn2)cc1Cl. The number of methoxy groups -OCH3 is 1. The third-order valence-electron chi connectivity index (χ3n) is 4.20. The molecule has 1 aromatic heterocycles. The molecule has 1 heterocycles. The fourth-order valence-electron chi connectivity index (χ4n) is 2.72. The first kappa shape index (κ1) is 22.0. The Bertz CT molecular complexity index is 1080. The molecule has 0 saturated carbocycles. The van der Waals surface area contributed by atoms with Crippen molar-refractivity contribution in [2.45, 2.75) is 13.0 Å². The largest absolute Gasteiger partial charge is 0.495 e. The van der Waals surface area contributed by atoms with Gasteiger partial charge in [0.15, 0.2) is 5.82 Å². The smallest absolute Gasteiger partial charge is 0.235 e. The maximum Gasteiger partial charge on any atom is 0.235 e. The molecule has 0 N–H and O–H groups in total. The number of anilines is 1. The van der Waals surface area contributed by atoms with Gasteiger partial charge in [-0.25, -0.2) is 9.97 Å². The van der Waals surface area contributed by atoms with E-state index in [1.165, 1.54) is 24.4 Å². The first-order chi connectivity index (χ1) is 14.4. The van der Waals surface area contributed by atoms with E-state index in [1.54, 1.807) is 42.5 Å². The first-order valence-corrected chi connectivity index (χ1v) is 9.90. The molecule has 0 saturated heterocycles. The maximum absolute atomic E-state index is 13.1. The van der Waals surface area contributed by atoms with Crippen LogP contribution in [0.5, 0.6) is 5.75 Å². The van der Waals surface area contributed by atoms with Crippen LogP contribution >= 0.6 is 34.8 Å². The lowest BCUT2D eigenvalue weighted by Gasteiger charge is -2.23. The number of halogens is 3. The van der Waals surface area contributed by atoms with Gasteiger partial charge in [-0.2, -0.15) is 0 Å². The molecule has 154 valence electrons. The number of amides is 1. The van der Waals surface area contributed by atoms with Gasteiger partial charge in [0.1, 0.15) is 5.75 Å². The van der Waals surface area contributed by atoms with Crippen molar-refractivity contribution < 1.29 is 14.3 Å². The predicted octanol–water partition coefficient (Wildman–Crippen LogP) is 5.25. The predicted molar refractivity (Wildman–Crippen MR) is 117 cm³/mol. The van der Waals surface area contributed by atoms with Gasteiger partial charge in [-0.15, -0.1) is 0 Å². The number of nitrogens with zero attached hydrogens (tertiary/aromatic N) is 3. The fraction of sp³-hybridized carbons (Fsp3) is 0.143. The summed E-state index contributed by atoms with van der Waals surface area (Å²) >= 11 is 18.3. The summed E-state index contributed by atoms with van der Waals surface area (Å²) in [6.07, 6.45) is 2.48. The molecule has 0 aliphatic rings. The summed E-state index contributed by atoms with van der Waals surface area (Å²) in [5.74, 6) is -0.483. The van der Waals surface area contributed by atoms with Crippen molar-refractivity contribution >= 4 is 52.2 Å². The molecule has 0 atom stereocenters. The van der Waals surface area contributed by atoms with Crippen LogP contribution in [0.1, 0.15) is 22.6 Å². The lowest BCUT2D eigenvalue weighted by Crippen LogP contribution is -2.32. The Kier molecular flexibility index (Phi) is 7.26. The van der Waals surface area contributed by atoms with Gasteiger partial charge in [0.25, 0.3) is 0 Å². The molecule has 0 fully saturated rings. The van der Waals surface area contributed by atoms with Crippen LogP contribution in [-0.2, 0) is 11.3 Å². The quantitative estimate of drug-likeness (QED) is 0.353. The maximum atomic E-state index is 13.1. The summed E-state index contributed by atoms with van der Waals surface area (Å²) in [6.45, 7) is 0.154. The highest BCUT2D eigenvalue weighted by Gasteiger charge is 2.22. The summed E-state index contributed by atoms with van der Waals surface area (Å²) in [6, 6.07) is 11.6. The van der Waals surface area contributed by atoms with Crippen LogP contribution in [0.3, 0.4) is 0 Å². The van der Waals surface area contributed by atoms with Crippen molar-refractivity contribution in [1.82, 2.24) is 9.97 Å². The summed E-state index contributed by atoms with van der Waals surface area (Å²) in [7, 11) is 1.50. The topological polar surface area (TPSA) is 72.4 Å². The molecular weight excluding hydrogens is 449 g/mol. The number of carbonyl (C=O) groups is 2. The Morgan fingerprint density at radius 3 is 2.33 bits per heavy atom. The number of hydrogen-bond donors (Lipinski definition) is 0. The Morgan fingerprint density at radius 1 is 0.967 bits per heavy atom. The number of rotatable bonds is 7. The van der Waals surface area contributed by atoms with E-state index >= 15 is 0 Å². The van der Waals surface area contributed by atoms with Crippen LogP contribution in [-0.4, -0.2) is 28.8 Å². The Labute approximate surface area is 188 Å². The Hall–Kier alpha value is -2.67. The van der Waals surface area contributed by atoms with E-state index in [-0.39, 0.29) is 12.4 Å². The molecule has 0 unspecified atom stereocenters. The minimum atomic E-state index is -0.487. The average Bonchev–Trinajstić information content (AvgIpc) is 2.75. The van der Waals surface area contributed by atoms with E-state index in [2.05, 4.69) is 9.97 Å². The molecule has 1 amide bonds. The van der Waals surface area contributed by atoms with E-state index in [0.717, 1.165) is 5.56 Å². The molecule has 0 aliphatic carbocycles. The first-order valence-electron chi connectivity index (χ1n) is 8.77. The Balaban J connectivity index is 1.91. The number of benzene rings is 2. The summed E-state index contributed by atoms with van der Waals surface area (Å²) in [5, 5.41) is 1.10. The normalized spacial score (nSPS) is 10.5. The van der Waals surface area contributed by atoms with Crippen LogP contribution in [0.25, 0.3) is 0 Å². The minimum absolute atomic E-state index is 0.0203. The van der Waals surface area contributed by atoms with Crippen LogP contribution < -0.4 is 9.64 Å². The van der Waals surface area contributed by atoms with Gasteiger partial charge < -0.3 is 9.64 Å². The molecule has 0 bridgehead atoms. The van der Waals surface area contributed by atoms with Gasteiger partial charge in [-0.3, -0.25) is 9.59 Å². The van der Waals surface area contributed by atoms with Crippen LogP contribution in [0, 0.1) is 0 Å². The van der Waals surface area contributed by atoms with Gasteiger partial charge in [0.2, 0.25) is 11.7 Å². The number of ketones is 1. The molecule has 9 heteroatoms. The Morgan fingerprint density at radius 2 is 1.70 bits per heavy atom. The van der Waals surface area contributed by atoms with Crippen molar-refractivity contribution in [1.29, 1.82) is 0 Å². The second-order valence-electron chi connectivity index (χ2n) is 6.22. The molecular formula is C21H16Cl3N3O3. The molecule has 0 spiro atoms. The summed E-state index contributed by atoms with van der Waals surface area (Å²) in [5.41, 5.74) is 1.23. The van der Waals surface area contributed by atoms with Gasteiger partial charge in [-0.05, 0) is 42.0 Å². The lowest BCUT2D eigenvalue weighted by atomic mass is 10.1. The zero-order chi connectivity index (χ0) is 21.7. The highest BCUT2D eigenvalue weighted by atomic mass is 35.5. The highest BCUT2D eigenvalue weighted by molar-refractivity contribution is 6.42. The van der Waals surface area contributed by atoms with Gasteiger partial charge in [0.05, 0.1) is 35.1 Å².